The summed E-state index contributed by atoms with van der Waals surface area (Å²) in [6, 6.07) is 7.53. The van der Waals surface area contributed by atoms with E-state index in [1.807, 2.05) is 24.3 Å². The molecule has 3 aromatic rings. The van der Waals surface area contributed by atoms with Crippen LogP contribution in [0.2, 0.25) is 0 Å². The molecule has 0 amide bonds. The first-order valence-electron chi connectivity index (χ1n) is 10.6. The number of carbonyl (C=O) groups is 1. The van der Waals surface area contributed by atoms with Crippen molar-refractivity contribution in [1.82, 2.24) is 14.9 Å². The third-order valence-electron chi connectivity index (χ3n) is 5.89. The van der Waals surface area contributed by atoms with Gasteiger partial charge in [0.2, 0.25) is 0 Å². The Labute approximate surface area is 190 Å². The normalized spacial score (nSPS) is 14.4. The fourth-order valence-electron chi connectivity index (χ4n) is 4.08. The molecule has 0 atom stereocenters. The molecule has 33 heavy (non-hydrogen) atoms. The molecule has 2 aromatic carbocycles. The van der Waals surface area contributed by atoms with Crippen LogP contribution in [0.15, 0.2) is 42.1 Å². The number of carbonyl (C=O) groups excluding carboxylic acids is 1. The third-order valence-corrected chi connectivity index (χ3v) is 5.89. The highest BCUT2D eigenvalue weighted by molar-refractivity contribution is 6.01. The van der Waals surface area contributed by atoms with Crippen molar-refractivity contribution in [2.75, 3.05) is 54.9 Å². The van der Waals surface area contributed by atoms with Crippen LogP contribution in [-0.4, -0.2) is 70.6 Å². The molecule has 1 aromatic heterocycles. The van der Waals surface area contributed by atoms with E-state index in [9.17, 15) is 19.9 Å². The Morgan fingerprint density at radius 2 is 1.85 bits per heavy atom. The van der Waals surface area contributed by atoms with E-state index in [0.717, 1.165) is 49.7 Å². The van der Waals surface area contributed by atoms with Crippen molar-refractivity contribution in [1.29, 1.82) is 0 Å². The van der Waals surface area contributed by atoms with Gasteiger partial charge in [0.05, 0.1) is 10.7 Å². The lowest BCUT2D eigenvalue weighted by Crippen LogP contribution is -2.47. The van der Waals surface area contributed by atoms with Gasteiger partial charge >= 0.3 is 0 Å². The summed E-state index contributed by atoms with van der Waals surface area (Å²) in [6.07, 6.45) is 4.00. The molecule has 11 heteroatoms. The number of anilines is 3. The Bertz CT molecular complexity index is 1150. The Morgan fingerprint density at radius 1 is 1.12 bits per heavy atom. The van der Waals surface area contributed by atoms with Gasteiger partial charge in [0.1, 0.15) is 29.5 Å². The highest BCUT2D eigenvalue weighted by Crippen LogP contribution is 2.46. The number of aromatic nitrogens is 2. The molecule has 0 aliphatic carbocycles. The van der Waals surface area contributed by atoms with E-state index in [1.54, 1.807) is 0 Å². The number of hydrogen-bond donors (Lipinski definition) is 3. The van der Waals surface area contributed by atoms with Crippen molar-refractivity contribution < 1.29 is 15.0 Å². The van der Waals surface area contributed by atoms with Crippen LogP contribution < -0.4 is 15.6 Å². The number of piperazine rings is 1. The summed E-state index contributed by atoms with van der Waals surface area (Å²) in [4.78, 5) is 34.7. The highest BCUT2D eigenvalue weighted by Gasteiger charge is 2.24. The zero-order chi connectivity index (χ0) is 23.4. The number of hydrogen-bond acceptors (Lipinski definition) is 10. The van der Waals surface area contributed by atoms with Crippen LogP contribution in [0.25, 0.3) is 10.9 Å². The van der Waals surface area contributed by atoms with Gasteiger partial charge < -0.3 is 20.8 Å². The molecular weight excluding hydrogens is 426 g/mol. The summed E-state index contributed by atoms with van der Waals surface area (Å²) in [7, 11) is 0. The van der Waals surface area contributed by atoms with E-state index in [2.05, 4.69) is 25.1 Å². The Morgan fingerprint density at radius 3 is 2.52 bits per heavy atom. The predicted molar refractivity (Wildman–Crippen MR) is 126 cm³/mol. The summed E-state index contributed by atoms with van der Waals surface area (Å²) in [5.74, 6) is -0.624. The summed E-state index contributed by atoms with van der Waals surface area (Å²) in [5.41, 5.74) is 7.62. The first-order valence-corrected chi connectivity index (χ1v) is 10.6. The lowest BCUT2D eigenvalue weighted by Gasteiger charge is -2.36. The number of nitrogens with two attached hydrogens (primary N) is 1. The smallest absolute Gasteiger partial charge is 0.170 e. The van der Waals surface area contributed by atoms with Crippen molar-refractivity contribution in [3.05, 3.63) is 47.3 Å². The molecule has 172 valence electrons. The summed E-state index contributed by atoms with van der Waals surface area (Å²) in [6.45, 7) is 4.34. The number of rotatable bonds is 8. The predicted octanol–water partition coefficient (Wildman–Crippen LogP) is 2.14. The number of nitrogens with zero attached hydrogens (tertiary/aromatic N) is 6. The summed E-state index contributed by atoms with van der Waals surface area (Å²) in [5, 5.41) is 25.2. The maximum Gasteiger partial charge on any atom is 0.170 e. The molecule has 0 bridgehead atoms. The van der Waals surface area contributed by atoms with Gasteiger partial charge in [0.25, 0.3) is 0 Å². The van der Waals surface area contributed by atoms with Gasteiger partial charge in [-0.25, -0.2) is 15.0 Å². The number of phenolic OH excluding ortho intramolecular Hbond substituents is 2. The van der Waals surface area contributed by atoms with E-state index in [-0.39, 0.29) is 40.3 Å². The molecule has 4 rings (SSSR count). The van der Waals surface area contributed by atoms with Crippen molar-refractivity contribution in [3.8, 4) is 11.5 Å². The second-order valence-corrected chi connectivity index (χ2v) is 7.84. The van der Waals surface area contributed by atoms with Gasteiger partial charge in [-0.15, -0.1) is 4.91 Å². The second kappa shape index (κ2) is 9.65. The molecule has 11 nitrogen and oxygen atoms in total. The van der Waals surface area contributed by atoms with E-state index < -0.39 is 0 Å². The second-order valence-electron chi connectivity index (χ2n) is 7.84. The molecule has 1 aliphatic rings. The van der Waals surface area contributed by atoms with Gasteiger partial charge in [0, 0.05) is 56.7 Å². The molecule has 0 spiro atoms. The number of phenols is 2. The fourth-order valence-corrected chi connectivity index (χ4v) is 4.08. The van der Waals surface area contributed by atoms with Crippen molar-refractivity contribution >= 4 is 34.3 Å². The number of fused-ring (bicyclic) bond motifs is 1. The van der Waals surface area contributed by atoms with Gasteiger partial charge in [-0.2, -0.15) is 0 Å². The molecule has 0 saturated carbocycles. The SMILES string of the molecule is Nc1c(N(CCCN2CCN(c3ccc(C=O)cc3)CC2)N=O)c(O)c2ncncc2c1O. The summed E-state index contributed by atoms with van der Waals surface area (Å²) < 4.78 is 0. The minimum atomic E-state index is -0.323. The largest absolute Gasteiger partial charge is 0.505 e. The fraction of sp³-hybridized carbons (Fsp3) is 0.318. The number of aromatic hydroxyl groups is 2. The van der Waals surface area contributed by atoms with E-state index in [0.29, 0.717) is 12.0 Å². The van der Waals surface area contributed by atoms with E-state index in [1.165, 1.54) is 12.5 Å². The number of nitrogen functional groups attached to an aromatic ring is 1. The summed E-state index contributed by atoms with van der Waals surface area (Å²) >= 11 is 0. The van der Waals surface area contributed by atoms with Crippen LogP contribution in [0.1, 0.15) is 16.8 Å². The molecule has 4 N–H and O–H groups in total. The molecule has 1 aliphatic heterocycles. The van der Waals surface area contributed by atoms with Crippen molar-refractivity contribution in [3.63, 3.8) is 0 Å². The zero-order valence-electron chi connectivity index (χ0n) is 18.0. The molecule has 0 radical (unpaired) electrons. The van der Waals surface area contributed by atoms with Crippen LogP contribution in [0.3, 0.4) is 0 Å². The van der Waals surface area contributed by atoms with Crippen LogP contribution in [-0.2, 0) is 0 Å². The van der Waals surface area contributed by atoms with Crippen LogP contribution >= 0.6 is 0 Å². The quantitative estimate of drug-likeness (QED) is 0.116. The molecule has 1 fully saturated rings. The standard InChI is InChI=1S/C22H25N7O4/c23-18-20(22(32)19-17(21(18)31)12-24-14-25-19)29(26-33)7-1-6-27-8-10-28(11-9-27)16-4-2-15(13-30)3-5-16/h2-5,12-14,31-32H,1,6-11,23H2. The Hall–Kier alpha value is -3.99. The minimum Gasteiger partial charge on any atom is -0.505 e. The lowest BCUT2D eigenvalue weighted by atomic mass is 10.1. The Kier molecular flexibility index (Phi) is 6.50. The number of aldehydes is 1. The highest BCUT2D eigenvalue weighted by atomic mass is 16.3. The van der Waals surface area contributed by atoms with E-state index in [4.69, 9.17) is 5.73 Å². The maximum atomic E-state index is 11.5. The molecular formula is C22H25N7O4. The monoisotopic (exact) mass is 451 g/mol. The third kappa shape index (κ3) is 4.48. The van der Waals surface area contributed by atoms with Crippen LogP contribution in [0, 0.1) is 4.91 Å². The first-order chi connectivity index (χ1) is 16.0. The van der Waals surface area contributed by atoms with Gasteiger partial charge in [-0.05, 0) is 30.7 Å². The van der Waals surface area contributed by atoms with Gasteiger partial charge in [0.15, 0.2) is 11.5 Å². The van der Waals surface area contributed by atoms with E-state index >= 15 is 0 Å². The zero-order valence-corrected chi connectivity index (χ0v) is 18.0. The van der Waals surface area contributed by atoms with Gasteiger partial charge in [-0.3, -0.25) is 9.69 Å². The van der Waals surface area contributed by atoms with Crippen LogP contribution in [0.4, 0.5) is 17.1 Å². The average molecular weight is 451 g/mol. The molecule has 1 saturated heterocycles. The minimum absolute atomic E-state index is 0.0581. The maximum absolute atomic E-state index is 11.5. The first kappa shape index (κ1) is 22.2. The number of benzene rings is 2. The van der Waals surface area contributed by atoms with Crippen molar-refractivity contribution in [2.45, 2.75) is 6.42 Å². The van der Waals surface area contributed by atoms with Gasteiger partial charge in [-0.1, -0.05) is 0 Å². The number of nitroso groups, excluding NO2 is 1. The van der Waals surface area contributed by atoms with Crippen LogP contribution in [0.5, 0.6) is 11.5 Å². The molecule has 0 unspecified atom stereocenters. The lowest BCUT2D eigenvalue weighted by molar-refractivity contribution is 0.112. The Balaban J connectivity index is 1.36. The topological polar surface area (TPSA) is 148 Å². The van der Waals surface area contributed by atoms with Crippen molar-refractivity contribution in [2.24, 2.45) is 5.29 Å². The average Bonchev–Trinajstić information content (AvgIpc) is 2.87. The molecule has 2 heterocycles.